The third kappa shape index (κ3) is 2.56. The van der Waals surface area contributed by atoms with Crippen molar-refractivity contribution in [2.45, 2.75) is 32.5 Å². The van der Waals surface area contributed by atoms with Crippen LogP contribution in [0.1, 0.15) is 33.6 Å². The summed E-state index contributed by atoms with van der Waals surface area (Å²) < 4.78 is 31.1. The summed E-state index contributed by atoms with van der Waals surface area (Å²) >= 11 is 0. The van der Waals surface area contributed by atoms with E-state index in [1.807, 2.05) is 24.4 Å². The van der Waals surface area contributed by atoms with Crippen LogP contribution >= 0.6 is 0 Å². The van der Waals surface area contributed by atoms with Crippen LogP contribution in [0.3, 0.4) is 0 Å². The normalized spacial score (nSPS) is 15.7. The molecule has 0 amide bonds. The van der Waals surface area contributed by atoms with Crippen LogP contribution < -0.4 is 0 Å². The maximum Gasteiger partial charge on any atom is 0.145 e. The van der Waals surface area contributed by atoms with E-state index in [4.69, 9.17) is 13.5 Å². The van der Waals surface area contributed by atoms with Crippen molar-refractivity contribution >= 4 is 43.5 Å². The van der Waals surface area contributed by atoms with Gasteiger partial charge in [-0.3, -0.25) is 4.98 Å². The number of hydrogen-bond donors (Lipinski definition) is 0. The molecular weight excluding hydrogens is 390 g/mol. The van der Waals surface area contributed by atoms with Crippen molar-refractivity contribution in [1.82, 2.24) is 4.98 Å². The monoisotopic (exact) mass is 416 g/mol. The third-order valence-corrected chi connectivity index (χ3v) is 6.99. The van der Waals surface area contributed by atoms with Gasteiger partial charge in [0.1, 0.15) is 11.2 Å². The van der Waals surface area contributed by atoms with Crippen molar-refractivity contribution < 1.29 is 8.53 Å². The molecule has 7 rings (SSSR count). The molecule has 1 aliphatic carbocycles. The van der Waals surface area contributed by atoms with Crippen LogP contribution in [-0.2, 0) is 12.8 Å². The van der Waals surface area contributed by atoms with Crippen LogP contribution in [0.15, 0.2) is 77.3 Å². The summed E-state index contributed by atoms with van der Waals surface area (Å²) in [5.74, 6) is 0. The Morgan fingerprint density at radius 3 is 2.62 bits per heavy atom. The molecule has 2 heterocycles. The van der Waals surface area contributed by atoms with Crippen molar-refractivity contribution in [3.63, 3.8) is 0 Å². The first-order valence-electron chi connectivity index (χ1n) is 12.8. The SMILES string of the molecule is [2H]C([2H])([2H])c1ccc(-c2cc3c(cn2)CCCC3)c2oc3cc4c(ccc5ccccc54)cc3c12. The minimum absolute atomic E-state index is 0.313. The standard InChI is InChI=1S/C30H23NO/c1-18-10-13-24(27-15-20-7-2-3-8-22(20)17-31-27)30-29(18)26-14-21-12-11-19-6-4-5-9-23(19)25(21)16-28(26)32-30/h4-6,9-17H,2-3,7-8H2,1H3/i1D3. The van der Waals surface area contributed by atoms with Gasteiger partial charge in [0.15, 0.2) is 0 Å². The van der Waals surface area contributed by atoms with Gasteiger partial charge in [0.2, 0.25) is 0 Å². The Balaban J connectivity index is 1.57. The van der Waals surface area contributed by atoms with Crippen LogP contribution in [0.25, 0.3) is 54.7 Å². The molecule has 0 spiro atoms. The highest BCUT2D eigenvalue weighted by molar-refractivity contribution is 6.18. The number of rotatable bonds is 1. The average molecular weight is 417 g/mol. The van der Waals surface area contributed by atoms with Crippen LogP contribution in [0.2, 0.25) is 0 Å². The molecule has 0 aliphatic heterocycles. The fraction of sp³-hybridized carbons (Fsp3) is 0.167. The molecule has 154 valence electrons. The summed E-state index contributed by atoms with van der Waals surface area (Å²) in [7, 11) is 0. The molecule has 32 heavy (non-hydrogen) atoms. The molecule has 0 fully saturated rings. The van der Waals surface area contributed by atoms with Gasteiger partial charge in [-0.05, 0) is 95.0 Å². The number of pyridine rings is 1. The molecule has 0 saturated heterocycles. The third-order valence-electron chi connectivity index (χ3n) is 6.99. The molecule has 0 unspecified atom stereocenters. The molecule has 2 heteroatoms. The lowest BCUT2D eigenvalue weighted by atomic mass is 9.91. The molecule has 2 nitrogen and oxygen atoms in total. The molecule has 0 atom stereocenters. The van der Waals surface area contributed by atoms with E-state index in [1.165, 1.54) is 24.0 Å². The van der Waals surface area contributed by atoms with Gasteiger partial charge in [0.25, 0.3) is 0 Å². The minimum atomic E-state index is -2.25. The molecule has 0 saturated carbocycles. The van der Waals surface area contributed by atoms with Crippen molar-refractivity contribution in [3.05, 3.63) is 89.6 Å². The van der Waals surface area contributed by atoms with E-state index in [9.17, 15) is 0 Å². The van der Waals surface area contributed by atoms with Crippen LogP contribution in [0, 0.1) is 6.85 Å². The van der Waals surface area contributed by atoms with E-state index in [0.717, 1.165) is 51.0 Å². The van der Waals surface area contributed by atoms with Gasteiger partial charge >= 0.3 is 0 Å². The van der Waals surface area contributed by atoms with Crippen molar-refractivity contribution in [1.29, 1.82) is 0 Å². The molecule has 0 N–H and O–H groups in total. The average Bonchev–Trinajstić information content (AvgIpc) is 3.24. The number of furan rings is 1. The van der Waals surface area contributed by atoms with Crippen molar-refractivity contribution in [3.8, 4) is 11.3 Å². The van der Waals surface area contributed by atoms with Gasteiger partial charge in [0, 0.05) is 26.6 Å². The van der Waals surface area contributed by atoms with E-state index in [1.54, 1.807) is 6.07 Å². The summed E-state index contributed by atoms with van der Waals surface area (Å²) in [5, 5.41) is 5.96. The quantitative estimate of drug-likeness (QED) is 0.253. The van der Waals surface area contributed by atoms with Crippen LogP contribution in [-0.4, -0.2) is 4.98 Å². The number of aryl methyl sites for hydroxylation is 3. The second-order valence-electron chi connectivity index (χ2n) is 8.87. The Hall–Kier alpha value is -3.65. The molecule has 2 aromatic heterocycles. The summed E-state index contributed by atoms with van der Waals surface area (Å²) in [5.41, 5.74) is 5.93. The minimum Gasteiger partial charge on any atom is -0.455 e. The van der Waals surface area contributed by atoms with E-state index >= 15 is 0 Å². The topological polar surface area (TPSA) is 26.0 Å². The summed E-state index contributed by atoms with van der Waals surface area (Å²) in [6.45, 7) is -2.25. The number of aromatic nitrogens is 1. The molecule has 6 aromatic rings. The molecule has 0 bridgehead atoms. The fourth-order valence-electron chi connectivity index (χ4n) is 5.34. The highest BCUT2D eigenvalue weighted by Crippen LogP contribution is 2.40. The summed E-state index contributed by atoms with van der Waals surface area (Å²) in [4.78, 5) is 4.77. The summed E-state index contributed by atoms with van der Waals surface area (Å²) in [6, 6.07) is 22.4. The first kappa shape index (κ1) is 15.2. The Bertz CT molecular complexity index is 1800. The maximum absolute atomic E-state index is 8.22. The van der Waals surface area contributed by atoms with Gasteiger partial charge < -0.3 is 4.42 Å². The lowest BCUT2D eigenvalue weighted by molar-refractivity contribution is 0.669. The first-order chi connectivity index (χ1) is 17.0. The lowest BCUT2D eigenvalue weighted by Gasteiger charge is -2.16. The number of benzene rings is 4. The number of fused-ring (bicyclic) bond motifs is 7. The smallest absolute Gasteiger partial charge is 0.145 e. The summed E-state index contributed by atoms with van der Waals surface area (Å²) in [6.07, 6.45) is 6.50. The van der Waals surface area contributed by atoms with Gasteiger partial charge in [-0.1, -0.05) is 42.5 Å². The van der Waals surface area contributed by atoms with Gasteiger partial charge in [-0.2, -0.15) is 0 Å². The largest absolute Gasteiger partial charge is 0.455 e. The van der Waals surface area contributed by atoms with Gasteiger partial charge in [-0.25, -0.2) is 0 Å². The van der Waals surface area contributed by atoms with E-state index in [-0.39, 0.29) is 0 Å². The Morgan fingerprint density at radius 2 is 1.69 bits per heavy atom. The van der Waals surface area contributed by atoms with Crippen molar-refractivity contribution in [2.24, 2.45) is 0 Å². The zero-order valence-electron chi connectivity index (χ0n) is 20.6. The molecule has 0 radical (unpaired) electrons. The van der Waals surface area contributed by atoms with Crippen LogP contribution in [0.4, 0.5) is 0 Å². The zero-order chi connectivity index (χ0) is 23.7. The highest BCUT2D eigenvalue weighted by atomic mass is 16.3. The molecule has 4 aromatic carbocycles. The van der Waals surface area contributed by atoms with E-state index < -0.39 is 6.85 Å². The maximum atomic E-state index is 8.22. The van der Waals surface area contributed by atoms with Crippen molar-refractivity contribution in [2.75, 3.05) is 0 Å². The highest BCUT2D eigenvalue weighted by Gasteiger charge is 2.18. The first-order valence-corrected chi connectivity index (χ1v) is 11.3. The Morgan fingerprint density at radius 1 is 0.812 bits per heavy atom. The van der Waals surface area contributed by atoms with Gasteiger partial charge in [0.05, 0.1) is 5.69 Å². The van der Waals surface area contributed by atoms with E-state index in [0.29, 0.717) is 22.1 Å². The fourth-order valence-corrected chi connectivity index (χ4v) is 5.34. The Kier molecular flexibility index (Phi) is 3.17. The molecular formula is C30H23NO. The predicted molar refractivity (Wildman–Crippen MR) is 133 cm³/mol. The number of hydrogen-bond acceptors (Lipinski definition) is 2. The Labute approximate surface area is 190 Å². The second-order valence-corrected chi connectivity index (χ2v) is 8.87. The number of nitrogens with zero attached hydrogens (tertiary/aromatic N) is 1. The van der Waals surface area contributed by atoms with E-state index in [2.05, 4.69) is 42.5 Å². The zero-order valence-corrected chi connectivity index (χ0v) is 17.6. The lowest BCUT2D eigenvalue weighted by Crippen LogP contribution is -2.03. The van der Waals surface area contributed by atoms with Crippen LogP contribution in [0.5, 0.6) is 0 Å². The second kappa shape index (κ2) is 6.67. The van der Waals surface area contributed by atoms with Gasteiger partial charge in [-0.15, -0.1) is 0 Å². The molecule has 1 aliphatic rings. The predicted octanol–water partition coefficient (Wildman–Crippen LogP) is 8.14.